The van der Waals surface area contributed by atoms with Crippen LogP contribution in [0, 0.1) is 6.92 Å². The number of aryl methyl sites for hydroxylation is 2. The summed E-state index contributed by atoms with van der Waals surface area (Å²) in [4.78, 5) is 20.5. The molecule has 1 aliphatic rings. The zero-order chi connectivity index (χ0) is 17.9. The third-order valence-corrected chi connectivity index (χ3v) is 4.79. The standard InChI is InChI=1S/C19H23N7/c1-3-16-11-17(23-18(22-16)14-6-8-20-9-7-14)26-10-4-5-15(12-26)19-21-13(2)24-25-19/h6-9,11,15H,3-5,10,12H2,1-2H3,(H,21,24,25). The topological polar surface area (TPSA) is 83.5 Å². The maximum Gasteiger partial charge on any atom is 0.161 e. The van der Waals surface area contributed by atoms with E-state index in [1.165, 1.54) is 0 Å². The molecule has 134 valence electrons. The van der Waals surface area contributed by atoms with Crippen LogP contribution in [0.2, 0.25) is 0 Å². The average Bonchev–Trinajstić information content (AvgIpc) is 3.15. The van der Waals surface area contributed by atoms with E-state index in [2.05, 4.69) is 38.1 Å². The molecule has 1 fully saturated rings. The first kappa shape index (κ1) is 16.6. The number of pyridine rings is 1. The van der Waals surface area contributed by atoms with Crippen LogP contribution in [0.4, 0.5) is 5.82 Å². The Hall–Kier alpha value is -2.83. The minimum absolute atomic E-state index is 0.332. The number of aromatic amines is 1. The zero-order valence-corrected chi connectivity index (χ0v) is 15.2. The van der Waals surface area contributed by atoms with Crippen LogP contribution in [0.1, 0.15) is 43.0 Å². The molecule has 0 amide bonds. The average molecular weight is 349 g/mol. The van der Waals surface area contributed by atoms with Crippen molar-refractivity contribution in [2.75, 3.05) is 18.0 Å². The normalized spacial score (nSPS) is 17.5. The minimum atomic E-state index is 0.332. The fourth-order valence-electron chi connectivity index (χ4n) is 3.39. The second-order valence-electron chi connectivity index (χ2n) is 6.69. The second kappa shape index (κ2) is 7.19. The summed E-state index contributed by atoms with van der Waals surface area (Å²) in [5.74, 6) is 3.86. The van der Waals surface area contributed by atoms with E-state index >= 15 is 0 Å². The first-order chi connectivity index (χ1) is 12.7. The lowest BCUT2D eigenvalue weighted by molar-refractivity contribution is 0.489. The number of hydrogen-bond acceptors (Lipinski definition) is 6. The number of nitrogens with one attached hydrogen (secondary N) is 1. The van der Waals surface area contributed by atoms with Crippen molar-refractivity contribution in [3.63, 3.8) is 0 Å². The van der Waals surface area contributed by atoms with E-state index in [9.17, 15) is 0 Å². The molecule has 7 nitrogen and oxygen atoms in total. The molecule has 1 N–H and O–H groups in total. The van der Waals surface area contributed by atoms with Gasteiger partial charge in [-0.15, -0.1) is 0 Å². The molecule has 1 unspecified atom stereocenters. The quantitative estimate of drug-likeness (QED) is 0.780. The lowest BCUT2D eigenvalue weighted by Crippen LogP contribution is -2.35. The van der Waals surface area contributed by atoms with Crippen LogP contribution in [0.3, 0.4) is 0 Å². The molecule has 3 aromatic rings. The van der Waals surface area contributed by atoms with Crippen molar-refractivity contribution in [3.8, 4) is 11.4 Å². The summed E-state index contributed by atoms with van der Waals surface area (Å²) in [7, 11) is 0. The number of nitrogens with zero attached hydrogens (tertiary/aromatic N) is 6. The summed E-state index contributed by atoms with van der Waals surface area (Å²) in [6.07, 6.45) is 6.65. The van der Waals surface area contributed by atoms with E-state index in [4.69, 9.17) is 9.97 Å². The van der Waals surface area contributed by atoms with Crippen molar-refractivity contribution in [1.82, 2.24) is 30.1 Å². The fourth-order valence-corrected chi connectivity index (χ4v) is 3.39. The van der Waals surface area contributed by atoms with Gasteiger partial charge in [-0.05, 0) is 38.3 Å². The first-order valence-corrected chi connectivity index (χ1v) is 9.15. The van der Waals surface area contributed by atoms with Gasteiger partial charge in [0.25, 0.3) is 0 Å². The van der Waals surface area contributed by atoms with Crippen molar-refractivity contribution < 1.29 is 0 Å². The number of aromatic nitrogens is 6. The molecule has 0 radical (unpaired) electrons. The highest BCUT2D eigenvalue weighted by Gasteiger charge is 2.25. The Morgan fingerprint density at radius 1 is 1.19 bits per heavy atom. The van der Waals surface area contributed by atoms with Crippen LogP contribution in [0.5, 0.6) is 0 Å². The van der Waals surface area contributed by atoms with Crippen LogP contribution in [-0.4, -0.2) is 43.2 Å². The van der Waals surface area contributed by atoms with Crippen LogP contribution in [0.25, 0.3) is 11.4 Å². The van der Waals surface area contributed by atoms with Gasteiger partial charge in [-0.1, -0.05) is 6.92 Å². The molecule has 26 heavy (non-hydrogen) atoms. The van der Waals surface area contributed by atoms with E-state index in [1.807, 2.05) is 19.1 Å². The summed E-state index contributed by atoms with van der Waals surface area (Å²) in [6.45, 7) is 5.94. The Morgan fingerprint density at radius 3 is 2.77 bits per heavy atom. The number of H-pyrrole nitrogens is 1. The highest BCUT2D eigenvalue weighted by atomic mass is 15.2. The lowest BCUT2D eigenvalue weighted by atomic mass is 9.97. The molecule has 0 aromatic carbocycles. The summed E-state index contributed by atoms with van der Waals surface area (Å²) in [5, 5.41) is 7.32. The molecular formula is C19H23N7. The van der Waals surface area contributed by atoms with E-state index in [0.717, 1.165) is 66.9 Å². The van der Waals surface area contributed by atoms with Crippen molar-refractivity contribution in [2.45, 2.75) is 39.0 Å². The van der Waals surface area contributed by atoms with Gasteiger partial charge in [-0.3, -0.25) is 10.1 Å². The summed E-state index contributed by atoms with van der Waals surface area (Å²) in [6, 6.07) is 6.01. The molecule has 1 saturated heterocycles. The molecule has 0 aliphatic carbocycles. The maximum absolute atomic E-state index is 4.85. The van der Waals surface area contributed by atoms with Gasteiger partial charge in [-0.2, -0.15) is 5.10 Å². The molecule has 3 aromatic heterocycles. The van der Waals surface area contributed by atoms with E-state index in [-0.39, 0.29) is 0 Å². The van der Waals surface area contributed by atoms with Gasteiger partial charge in [0, 0.05) is 48.7 Å². The predicted octanol–water partition coefficient (Wildman–Crippen LogP) is 2.91. The highest BCUT2D eigenvalue weighted by molar-refractivity contribution is 5.57. The molecule has 1 atom stereocenters. The Morgan fingerprint density at radius 2 is 2.04 bits per heavy atom. The number of anilines is 1. The van der Waals surface area contributed by atoms with E-state index in [1.54, 1.807) is 12.4 Å². The number of rotatable bonds is 4. The van der Waals surface area contributed by atoms with Crippen molar-refractivity contribution in [3.05, 3.63) is 47.9 Å². The van der Waals surface area contributed by atoms with Gasteiger partial charge in [0.1, 0.15) is 11.6 Å². The van der Waals surface area contributed by atoms with Gasteiger partial charge in [0.05, 0.1) is 0 Å². The van der Waals surface area contributed by atoms with E-state index in [0.29, 0.717) is 5.92 Å². The zero-order valence-electron chi connectivity index (χ0n) is 15.2. The van der Waals surface area contributed by atoms with Gasteiger partial charge in [0.15, 0.2) is 11.6 Å². The second-order valence-corrected chi connectivity index (χ2v) is 6.69. The monoisotopic (exact) mass is 349 g/mol. The largest absolute Gasteiger partial charge is 0.356 e. The summed E-state index contributed by atoms with van der Waals surface area (Å²) < 4.78 is 0. The van der Waals surface area contributed by atoms with Crippen LogP contribution in [-0.2, 0) is 6.42 Å². The minimum Gasteiger partial charge on any atom is -0.356 e. The van der Waals surface area contributed by atoms with Crippen LogP contribution < -0.4 is 4.90 Å². The number of piperidine rings is 1. The molecule has 1 aliphatic heterocycles. The highest BCUT2D eigenvalue weighted by Crippen LogP contribution is 2.29. The lowest BCUT2D eigenvalue weighted by Gasteiger charge is -2.32. The first-order valence-electron chi connectivity index (χ1n) is 9.15. The molecule has 4 heterocycles. The number of hydrogen-bond donors (Lipinski definition) is 1. The fraction of sp³-hybridized carbons (Fsp3) is 0.421. The van der Waals surface area contributed by atoms with Crippen LogP contribution >= 0.6 is 0 Å². The molecule has 0 spiro atoms. The Balaban J connectivity index is 1.64. The van der Waals surface area contributed by atoms with E-state index < -0.39 is 0 Å². The van der Waals surface area contributed by atoms with Gasteiger partial charge in [-0.25, -0.2) is 15.0 Å². The predicted molar refractivity (Wildman–Crippen MR) is 99.9 cm³/mol. The Bertz CT molecular complexity index is 875. The third-order valence-electron chi connectivity index (χ3n) is 4.79. The van der Waals surface area contributed by atoms with Gasteiger partial charge in [0.2, 0.25) is 0 Å². The van der Waals surface area contributed by atoms with Crippen LogP contribution in [0.15, 0.2) is 30.6 Å². The molecule has 0 saturated carbocycles. The van der Waals surface area contributed by atoms with Crippen molar-refractivity contribution >= 4 is 5.82 Å². The SMILES string of the molecule is CCc1cc(N2CCCC(c3n[nH]c(C)n3)C2)nc(-c2ccncc2)n1. The summed E-state index contributed by atoms with van der Waals surface area (Å²) >= 11 is 0. The van der Waals surface area contributed by atoms with Gasteiger partial charge < -0.3 is 4.90 Å². The third kappa shape index (κ3) is 3.42. The van der Waals surface area contributed by atoms with Gasteiger partial charge >= 0.3 is 0 Å². The smallest absolute Gasteiger partial charge is 0.161 e. The van der Waals surface area contributed by atoms with Crippen molar-refractivity contribution in [1.29, 1.82) is 0 Å². The molecule has 0 bridgehead atoms. The molecule has 7 heteroatoms. The summed E-state index contributed by atoms with van der Waals surface area (Å²) in [5.41, 5.74) is 2.05. The Labute approximate surface area is 152 Å². The molecule has 4 rings (SSSR count). The molecular weight excluding hydrogens is 326 g/mol. The Kier molecular flexibility index (Phi) is 4.60. The van der Waals surface area contributed by atoms with Crippen molar-refractivity contribution in [2.24, 2.45) is 0 Å². The maximum atomic E-state index is 4.85.